The fraction of sp³-hybridized carbons (Fsp3) is 0.950. The fourth-order valence-corrected chi connectivity index (χ4v) is 3.77. The van der Waals surface area contributed by atoms with Crippen molar-refractivity contribution in [1.29, 1.82) is 0 Å². The molecule has 25 heavy (non-hydrogen) atoms. The third-order valence-corrected chi connectivity index (χ3v) is 4.93. The standard InChI is InChI=1S/C11H20O3.C9H16O2/c1-9(2)14-10-3-5-11(6-4-10)12-7-8-13-11;1-7(2)11-9-5-3-8(10)4-6-9/h9-10H,3-8H2,1-2H3;7,9H,3-6H2,1-2H3. The Hall–Kier alpha value is -0.490. The minimum Gasteiger partial charge on any atom is -0.376 e. The van der Waals surface area contributed by atoms with E-state index in [1.807, 2.05) is 13.8 Å². The Morgan fingerprint density at radius 1 is 0.840 bits per heavy atom. The highest BCUT2D eigenvalue weighted by Crippen LogP contribution is 2.36. The zero-order valence-corrected chi connectivity index (χ0v) is 16.4. The first kappa shape index (κ1) is 20.8. The summed E-state index contributed by atoms with van der Waals surface area (Å²) in [6, 6.07) is 0. The normalized spacial score (nSPS) is 24.8. The zero-order chi connectivity index (χ0) is 18.3. The monoisotopic (exact) mass is 356 g/mol. The van der Waals surface area contributed by atoms with Gasteiger partial charge in [-0.15, -0.1) is 0 Å². The van der Waals surface area contributed by atoms with Gasteiger partial charge < -0.3 is 18.9 Å². The Labute approximate surface area is 152 Å². The van der Waals surface area contributed by atoms with Gasteiger partial charge in [0.05, 0.1) is 37.6 Å². The molecule has 1 aliphatic heterocycles. The predicted octanol–water partition coefficient (Wildman–Crippen LogP) is 4.02. The van der Waals surface area contributed by atoms with Crippen molar-refractivity contribution in [2.24, 2.45) is 0 Å². The largest absolute Gasteiger partial charge is 0.376 e. The summed E-state index contributed by atoms with van der Waals surface area (Å²) in [4.78, 5) is 10.8. The summed E-state index contributed by atoms with van der Waals surface area (Å²) in [6.07, 6.45) is 8.79. The van der Waals surface area contributed by atoms with Crippen molar-refractivity contribution in [2.45, 2.75) is 109 Å². The summed E-state index contributed by atoms with van der Waals surface area (Å²) in [5.74, 6) is 0.158. The van der Waals surface area contributed by atoms with E-state index in [2.05, 4.69) is 13.8 Å². The van der Waals surface area contributed by atoms with Gasteiger partial charge in [0, 0.05) is 25.7 Å². The maximum atomic E-state index is 10.8. The first-order valence-corrected chi connectivity index (χ1v) is 9.99. The average Bonchev–Trinajstić information content (AvgIpc) is 3.00. The fourth-order valence-electron chi connectivity index (χ4n) is 3.77. The highest BCUT2D eigenvalue weighted by Gasteiger charge is 2.40. The molecule has 1 saturated heterocycles. The van der Waals surface area contributed by atoms with E-state index in [1.165, 1.54) is 0 Å². The summed E-state index contributed by atoms with van der Waals surface area (Å²) in [5.41, 5.74) is 0. The molecule has 0 aromatic carbocycles. The molecule has 1 spiro atoms. The van der Waals surface area contributed by atoms with Crippen LogP contribution in [-0.4, -0.2) is 49.2 Å². The van der Waals surface area contributed by atoms with Crippen molar-refractivity contribution in [3.63, 3.8) is 0 Å². The molecular weight excluding hydrogens is 320 g/mol. The number of carbonyl (C=O) groups excluding carboxylic acids is 1. The van der Waals surface area contributed by atoms with E-state index >= 15 is 0 Å². The lowest BCUT2D eigenvalue weighted by Gasteiger charge is -2.35. The van der Waals surface area contributed by atoms with Crippen molar-refractivity contribution >= 4 is 5.78 Å². The van der Waals surface area contributed by atoms with Gasteiger partial charge in [0.1, 0.15) is 5.78 Å². The van der Waals surface area contributed by atoms with Crippen LogP contribution in [0.25, 0.3) is 0 Å². The van der Waals surface area contributed by atoms with Crippen LogP contribution in [0.4, 0.5) is 0 Å². The number of hydrogen-bond donors (Lipinski definition) is 0. The van der Waals surface area contributed by atoms with E-state index in [-0.39, 0.29) is 5.79 Å². The van der Waals surface area contributed by atoms with Crippen LogP contribution in [0.3, 0.4) is 0 Å². The molecule has 0 aromatic rings. The molecular formula is C20H36O5. The van der Waals surface area contributed by atoms with Crippen molar-refractivity contribution in [2.75, 3.05) is 13.2 Å². The van der Waals surface area contributed by atoms with Crippen LogP contribution in [0.1, 0.15) is 79.1 Å². The van der Waals surface area contributed by atoms with Gasteiger partial charge in [-0.05, 0) is 53.4 Å². The zero-order valence-electron chi connectivity index (χ0n) is 16.4. The van der Waals surface area contributed by atoms with Crippen molar-refractivity contribution in [3.05, 3.63) is 0 Å². The van der Waals surface area contributed by atoms with E-state index in [9.17, 15) is 4.79 Å². The molecule has 146 valence electrons. The van der Waals surface area contributed by atoms with Crippen molar-refractivity contribution < 1.29 is 23.7 Å². The van der Waals surface area contributed by atoms with E-state index in [0.29, 0.717) is 30.2 Å². The average molecular weight is 357 g/mol. The number of ketones is 1. The Morgan fingerprint density at radius 3 is 1.72 bits per heavy atom. The van der Waals surface area contributed by atoms with Crippen LogP contribution in [0.15, 0.2) is 0 Å². The third kappa shape index (κ3) is 7.33. The van der Waals surface area contributed by atoms with Crippen LogP contribution in [0.5, 0.6) is 0 Å². The molecule has 3 aliphatic rings. The van der Waals surface area contributed by atoms with Gasteiger partial charge >= 0.3 is 0 Å². The Morgan fingerprint density at radius 2 is 1.28 bits per heavy atom. The molecule has 2 saturated carbocycles. The van der Waals surface area contributed by atoms with Gasteiger partial charge in [0.25, 0.3) is 0 Å². The molecule has 0 unspecified atom stereocenters. The molecule has 0 N–H and O–H groups in total. The maximum Gasteiger partial charge on any atom is 0.168 e. The number of ether oxygens (including phenoxy) is 4. The lowest BCUT2D eigenvalue weighted by molar-refractivity contribution is -0.194. The van der Waals surface area contributed by atoms with Gasteiger partial charge in [-0.25, -0.2) is 0 Å². The quantitative estimate of drug-likeness (QED) is 0.761. The lowest BCUT2D eigenvalue weighted by Crippen LogP contribution is -2.38. The Balaban J connectivity index is 0.000000186. The molecule has 5 nitrogen and oxygen atoms in total. The number of Topliss-reactive ketones (excluding diaryl/α,β-unsaturated/α-hetero) is 1. The number of hydrogen-bond acceptors (Lipinski definition) is 5. The predicted molar refractivity (Wildman–Crippen MR) is 96.6 cm³/mol. The molecule has 3 rings (SSSR count). The first-order valence-electron chi connectivity index (χ1n) is 9.99. The molecule has 0 aromatic heterocycles. The molecule has 0 atom stereocenters. The number of rotatable bonds is 4. The van der Waals surface area contributed by atoms with E-state index < -0.39 is 0 Å². The van der Waals surface area contributed by atoms with E-state index in [0.717, 1.165) is 64.6 Å². The molecule has 0 bridgehead atoms. The SMILES string of the molecule is CC(C)OC1CCC(=O)CC1.CC(C)OC1CCC2(CC1)OCCO2. The van der Waals surface area contributed by atoms with Crippen LogP contribution < -0.4 is 0 Å². The summed E-state index contributed by atoms with van der Waals surface area (Å²) in [5, 5.41) is 0. The summed E-state index contributed by atoms with van der Waals surface area (Å²) < 4.78 is 22.7. The van der Waals surface area contributed by atoms with Crippen LogP contribution in [0.2, 0.25) is 0 Å². The minimum atomic E-state index is -0.239. The van der Waals surface area contributed by atoms with Gasteiger partial charge in [0.15, 0.2) is 5.79 Å². The van der Waals surface area contributed by atoms with Crippen LogP contribution in [0, 0.1) is 0 Å². The van der Waals surface area contributed by atoms with Crippen molar-refractivity contribution in [3.8, 4) is 0 Å². The molecule has 0 amide bonds. The van der Waals surface area contributed by atoms with E-state index in [1.54, 1.807) is 0 Å². The minimum absolute atomic E-state index is 0.239. The molecule has 2 aliphatic carbocycles. The van der Waals surface area contributed by atoms with Crippen LogP contribution >= 0.6 is 0 Å². The second-order valence-corrected chi connectivity index (χ2v) is 7.91. The lowest BCUT2D eigenvalue weighted by atomic mass is 9.91. The number of carbonyl (C=O) groups is 1. The Kier molecular flexibility index (Phi) is 8.33. The molecule has 3 fully saturated rings. The molecule has 0 radical (unpaired) electrons. The summed E-state index contributed by atoms with van der Waals surface area (Å²) in [6.45, 7) is 9.78. The van der Waals surface area contributed by atoms with E-state index in [4.69, 9.17) is 18.9 Å². The Bertz CT molecular complexity index is 381. The highest BCUT2D eigenvalue weighted by atomic mass is 16.7. The molecule has 1 heterocycles. The smallest absolute Gasteiger partial charge is 0.168 e. The summed E-state index contributed by atoms with van der Waals surface area (Å²) in [7, 11) is 0. The second kappa shape index (κ2) is 10.0. The van der Waals surface area contributed by atoms with Gasteiger partial charge in [-0.1, -0.05) is 0 Å². The summed E-state index contributed by atoms with van der Waals surface area (Å²) >= 11 is 0. The van der Waals surface area contributed by atoms with Crippen LogP contribution in [-0.2, 0) is 23.7 Å². The van der Waals surface area contributed by atoms with Gasteiger partial charge in [-0.2, -0.15) is 0 Å². The third-order valence-electron chi connectivity index (χ3n) is 4.93. The topological polar surface area (TPSA) is 54.0 Å². The van der Waals surface area contributed by atoms with Gasteiger partial charge in [0.2, 0.25) is 0 Å². The van der Waals surface area contributed by atoms with Crippen molar-refractivity contribution in [1.82, 2.24) is 0 Å². The first-order chi connectivity index (χ1) is 11.9. The highest BCUT2D eigenvalue weighted by molar-refractivity contribution is 5.79. The molecule has 5 heteroatoms. The van der Waals surface area contributed by atoms with Gasteiger partial charge in [-0.3, -0.25) is 4.79 Å². The second-order valence-electron chi connectivity index (χ2n) is 7.91. The maximum absolute atomic E-state index is 10.8.